The van der Waals surface area contributed by atoms with E-state index in [-0.39, 0.29) is 5.54 Å². The molecular formula is C13H29N3O3S. The molecule has 0 aromatic carbocycles. The molecule has 0 saturated carbocycles. The molecule has 7 heteroatoms. The van der Waals surface area contributed by atoms with Crippen LogP contribution in [0.2, 0.25) is 0 Å². The van der Waals surface area contributed by atoms with Gasteiger partial charge < -0.3 is 4.74 Å². The van der Waals surface area contributed by atoms with Crippen molar-refractivity contribution in [3.8, 4) is 0 Å². The fourth-order valence-electron chi connectivity index (χ4n) is 2.16. The molecule has 1 rings (SSSR count). The van der Waals surface area contributed by atoms with Gasteiger partial charge in [-0.05, 0) is 20.3 Å². The van der Waals surface area contributed by atoms with Gasteiger partial charge in [0.05, 0.1) is 13.2 Å². The molecule has 0 spiro atoms. The lowest BCUT2D eigenvalue weighted by Crippen LogP contribution is -2.56. The molecule has 1 heterocycles. The van der Waals surface area contributed by atoms with Crippen molar-refractivity contribution in [3.63, 3.8) is 0 Å². The summed E-state index contributed by atoms with van der Waals surface area (Å²) in [4.78, 5) is 2.27. The molecule has 1 aliphatic heterocycles. The molecular weight excluding hydrogens is 278 g/mol. The van der Waals surface area contributed by atoms with E-state index in [2.05, 4.69) is 30.4 Å². The van der Waals surface area contributed by atoms with Crippen molar-refractivity contribution in [2.45, 2.75) is 39.2 Å². The first-order valence-corrected chi connectivity index (χ1v) is 8.77. The number of nitrogens with zero attached hydrogens (tertiary/aromatic N) is 2. The summed E-state index contributed by atoms with van der Waals surface area (Å²) in [6.45, 7) is 10.3. The summed E-state index contributed by atoms with van der Waals surface area (Å²) in [6, 6.07) is 0. The molecule has 0 aromatic heterocycles. The van der Waals surface area contributed by atoms with Gasteiger partial charge in [-0.2, -0.15) is 12.7 Å². The molecule has 0 bridgehead atoms. The van der Waals surface area contributed by atoms with Crippen molar-refractivity contribution in [2.75, 3.05) is 46.4 Å². The average Bonchev–Trinajstić information content (AvgIpc) is 2.43. The molecule has 0 aliphatic carbocycles. The Morgan fingerprint density at radius 3 is 2.45 bits per heavy atom. The Bertz CT molecular complexity index is 378. The highest BCUT2D eigenvalue weighted by Gasteiger charge is 2.30. The number of morpholine rings is 1. The number of nitrogens with one attached hydrogen (secondary N) is 1. The van der Waals surface area contributed by atoms with Crippen LogP contribution in [0.15, 0.2) is 0 Å². The van der Waals surface area contributed by atoms with Crippen LogP contribution in [0.25, 0.3) is 0 Å². The van der Waals surface area contributed by atoms with E-state index in [1.54, 1.807) is 7.05 Å². The average molecular weight is 307 g/mol. The van der Waals surface area contributed by atoms with Crippen LogP contribution < -0.4 is 4.72 Å². The van der Waals surface area contributed by atoms with Gasteiger partial charge in [0, 0.05) is 38.8 Å². The molecule has 6 nitrogen and oxygen atoms in total. The van der Waals surface area contributed by atoms with Crippen LogP contribution in [0.4, 0.5) is 0 Å². The second-order valence-electron chi connectivity index (χ2n) is 5.91. The Balaban J connectivity index is 2.51. The van der Waals surface area contributed by atoms with Crippen LogP contribution in [0.5, 0.6) is 0 Å². The smallest absolute Gasteiger partial charge is 0.279 e. The second kappa shape index (κ2) is 7.70. The first-order chi connectivity index (χ1) is 9.29. The van der Waals surface area contributed by atoms with E-state index < -0.39 is 10.2 Å². The molecule has 1 aliphatic rings. The molecule has 0 aromatic rings. The summed E-state index contributed by atoms with van der Waals surface area (Å²) in [5.41, 5.74) is -0.206. The van der Waals surface area contributed by atoms with Crippen LogP contribution in [0, 0.1) is 0 Å². The first-order valence-electron chi connectivity index (χ1n) is 7.33. The largest absolute Gasteiger partial charge is 0.379 e. The highest BCUT2D eigenvalue weighted by molar-refractivity contribution is 7.87. The normalized spacial score (nSPS) is 18.6. The van der Waals surface area contributed by atoms with Gasteiger partial charge in [0.1, 0.15) is 0 Å². The van der Waals surface area contributed by atoms with Gasteiger partial charge in [0.25, 0.3) is 10.2 Å². The summed E-state index contributed by atoms with van der Waals surface area (Å²) in [5, 5.41) is 0. The molecule has 0 unspecified atom stereocenters. The minimum Gasteiger partial charge on any atom is -0.379 e. The number of rotatable bonds is 8. The summed E-state index contributed by atoms with van der Waals surface area (Å²) < 4.78 is 33.7. The van der Waals surface area contributed by atoms with Crippen LogP contribution in [0.3, 0.4) is 0 Å². The molecule has 120 valence electrons. The monoisotopic (exact) mass is 307 g/mol. The third-order valence-electron chi connectivity index (χ3n) is 3.79. The quantitative estimate of drug-likeness (QED) is 0.716. The van der Waals surface area contributed by atoms with E-state index in [0.29, 0.717) is 26.3 Å². The Morgan fingerprint density at radius 1 is 1.30 bits per heavy atom. The molecule has 0 atom stereocenters. The molecule has 1 N–H and O–H groups in total. The number of hydrogen-bond acceptors (Lipinski definition) is 4. The van der Waals surface area contributed by atoms with Gasteiger partial charge in [0.15, 0.2) is 0 Å². The van der Waals surface area contributed by atoms with Gasteiger partial charge in [0.2, 0.25) is 0 Å². The first kappa shape index (κ1) is 17.8. The van der Waals surface area contributed by atoms with Crippen LogP contribution >= 0.6 is 0 Å². The van der Waals surface area contributed by atoms with E-state index in [1.165, 1.54) is 4.31 Å². The Morgan fingerprint density at radius 2 is 1.90 bits per heavy atom. The Hall–Kier alpha value is -0.210. The zero-order valence-electron chi connectivity index (χ0n) is 13.2. The minimum atomic E-state index is -3.38. The molecule has 1 fully saturated rings. The third kappa shape index (κ3) is 5.29. The fourth-order valence-corrected chi connectivity index (χ4v) is 3.28. The van der Waals surface area contributed by atoms with E-state index in [9.17, 15) is 8.42 Å². The standard InChI is InChI=1S/C13H29N3O3S/c1-5-6-7-15(4)20(17,18)14-12-13(2,3)16-8-10-19-11-9-16/h14H,5-12H2,1-4H3. The predicted molar refractivity (Wildman–Crippen MR) is 80.9 cm³/mol. The number of ether oxygens (including phenoxy) is 1. The maximum Gasteiger partial charge on any atom is 0.279 e. The highest BCUT2D eigenvalue weighted by atomic mass is 32.2. The third-order valence-corrected chi connectivity index (χ3v) is 5.30. The molecule has 0 radical (unpaired) electrons. The zero-order chi connectivity index (χ0) is 15.2. The van der Waals surface area contributed by atoms with Gasteiger partial charge in [-0.25, -0.2) is 4.72 Å². The van der Waals surface area contributed by atoms with Crippen LogP contribution in [0.1, 0.15) is 33.6 Å². The van der Waals surface area contributed by atoms with Gasteiger partial charge in [-0.3, -0.25) is 4.90 Å². The van der Waals surface area contributed by atoms with E-state index >= 15 is 0 Å². The summed E-state index contributed by atoms with van der Waals surface area (Å²) >= 11 is 0. The van der Waals surface area contributed by atoms with E-state index in [4.69, 9.17) is 4.74 Å². The van der Waals surface area contributed by atoms with Gasteiger partial charge in [-0.15, -0.1) is 0 Å². The molecule has 0 amide bonds. The summed E-state index contributed by atoms with van der Waals surface area (Å²) in [5.74, 6) is 0. The van der Waals surface area contributed by atoms with Crippen molar-refractivity contribution in [2.24, 2.45) is 0 Å². The van der Waals surface area contributed by atoms with E-state index in [0.717, 1.165) is 25.9 Å². The Kier molecular flexibility index (Phi) is 6.87. The van der Waals surface area contributed by atoms with Crippen molar-refractivity contribution in [1.82, 2.24) is 13.9 Å². The maximum absolute atomic E-state index is 12.1. The maximum atomic E-state index is 12.1. The fraction of sp³-hybridized carbons (Fsp3) is 1.00. The lowest BCUT2D eigenvalue weighted by atomic mass is 10.0. The number of unbranched alkanes of at least 4 members (excludes halogenated alkanes) is 1. The highest BCUT2D eigenvalue weighted by Crippen LogP contribution is 2.15. The molecule has 20 heavy (non-hydrogen) atoms. The molecule has 1 saturated heterocycles. The predicted octanol–water partition coefficient (Wildman–Crippen LogP) is 0.664. The van der Waals surface area contributed by atoms with Crippen molar-refractivity contribution < 1.29 is 13.2 Å². The van der Waals surface area contributed by atoms with Gasteiger partial charge in [-0.1, -0.05) is 13.3 Å². The second-order valence-corrected chi connectivity index (χ2v) is 7.78. The lowest BCUT2D eigenvalue weighted by Gasteiger charge is -2.41. The van der Waals surface area contributed by atoms with Crippen LogP contribution in [-0.4, -0.2) is 69.6 Å². The minimum absolute atomic E-state index is 0.206. The summed E-state index contributed by atoms with van der Waals surface area (Å²) in [6.07, 6.45) is 1.86. The zero-order valence-corrected chi connectivity index (χ0v) is 14.0. The summed E-state index contributed by atoms with van der Waals surface area (Å²) in [7, 11) is -1.75. The van der Waals surface area contributed by atoms with Crippen molar-refractivity contribution >= 4 is 10.2 Å². The topological polar surface area (TPSA) is 61.9 Å². The lowest BCUT2D eigenvalue weighted by molar-refractivity contribution is -0.00812. The number of hydrogen-bond donors (Lipinski definition) is 1. The SMILES string of the molecule is CCCCN(C)S(=O)(=O)NCC(C)(C)N1CCOCC1. The van der Waals surface area contributed by atoms with Crippen molar-refractivity contribution in [1.29, 1.82) is 0 Å². The van der Waals surface area contributed by atoms with Crippen molar-refractivity contribution in [3.05, 3.63) is 0 Å². The van der Waals surface area contributed by atoms with Crippen LogP contribution in [-0.2, 0) is 14.9 Å². The van der Waals surface area contributed by atoms with Gasteiger partial charge >= 0.3 is 0 Å². The Labute approximate surface area is 123 Å². The van der Waals surface area contributed by atoms with E-state index in [1.807, 2.05) is 0 Å².